The van der Waals surface area contributed by atoms with Crippen molar-refractivity contribution in [1.82, 2.24) is 5.06 Å². The first-order chi connectivity index (χ1) is 10.8. The van der Waals surface area contributed by atoms with Crippen LogP contribution in [0.2, 0.25) is 10.0 Å². The lowest BCUT2D eigenvalue weighted by Gasteiger charge is -2.32. The molecule has 0 amide bonds. The zero-order valence-corrected chi connectivity index (χ0v) is 15.3. The van der Waals surface area contributed by atoms with Gasteiger partial charge in [0, 0.05) is 19.2 Å². The Bertz CT molecular complexity index is 549. The zero-order valence-electron chi connectivity index (χ0n) is 13.8. The van der Waals surface area contributed by atoms with Gasteiger partial charge in [0.1, 0.15) is 5.75 Å². The maximum atomic E-state index is 11.9. The number of hydrogen-bond acceptors (Lipinski definition) is 4. The van der Waals surface area contributed by atoms with E-state index in [1.165, 1.54) is 0 Å². The molecule has 2 rings (SSSR count). The number of hydrogen-bond donors (Lipinski definition) is 0. The standard InChI is InChI=1S/C17H23Cl2NO3/c1-17(2,3)16(21)23-20-8-6-12(7-9-20)11-22-13-4-5-14(18)15(19)10-13/h4-5,10,12H,6-9,11H2,1-3H3. The maximum absolute atomic E-state index is 11.9. The summed E-state index contributed by atoms with van der Waals surface area (Å²) in [7, 11) is 0. The summed E-state index contributed by atoms with van der Waals surface area (Å²) in [5, 5.41) is 2.77. The van der Waals surface area contributed by atoms with Crippen molar-refractivity contribution in [1.29, 1.82) is 0 Å². The van der Waals surface area contributed by atoms with Gasteiger partial charge in [-0.3, -0.25) is 0 Å². The second-order valence-corrected chi connectivity index (χ2v) is 7.70. The molecule has 1 fully saturated rings. The average molecular weight is 360 g/mol. The third-order valence-electron chi connectivity index (χ3n) is 3.77. The minimum Gasteiger partial charge on any atom is -0.493 e. The summed E-state index contributed by atoms with van der Waals surface area (Å²) in [4.78, 5) is 17.3. The quantitative estimate of drug-likeness (QED) is 0.787. The Morgan fingerprint density at radius 2 is 1.87 bits per heavy atom. The van der Waals surface area contributed by atoms with E-state index in [1.54, 1.807) is 17.2 Å². The highest BCUT2D eigenvalue weighted by atomic mass is 35.5. The van der Waals surface area contributed by atoms with Crippen LogP contribution in [-0.2, 0) is 9.63 Å². The van der Waals surface area contributed by atoms with Crippen LogP contribution in [0.3, 0.4) is 0 Å². The molecule has 0 aromatic heterocycles. The monoisotopic (exact) mass is 359 g/mol. The Morgan fingerprint density at radius 3 is 2.43 bits per heavy atom. The van der Waals surface area contributed by atoms with E-state index in [0.29, 0.717) is 22.6 Å². The van der Waals surface area contributed by atoms with Crippen LogP contribution >= 0.6 is 23.2 Å². The van der Waals surface area contributed by atoms with Crippen LogP contribution in [-0.4, -0.2) is 30.7 Å². The third kappa shape index (κ3) is 5.55. The molecule has 4 nitrogen and oxygen atoms in total. The fourth-order valence-electron chi connectivity index (χ4n) is 2.20. The molecule has 1 heterocycles. The first-order valence-corrected chi connectivity index (χ1v) is 8.56. The summed E-state index contributed by atoms with van der Waals surface area (Å²) in [6, 6.07) is 5.27. The minimum absolute atomic E-state index is 0.192. The largest absolute Gasteiger partial charge is 0.493 e. The van der Waals surface area contributed by atoms with Gasteiger partial charge in [-0.15, -0.1) is 5.06 Å². The molecule has 1 saturated heterocycles. The molecule has 0 bridgehead atoms. The number of hydroxylamine groups is 2. The van der Waals surface area contributed by atoms with E-state index in [-0.39, 0.29) is 5.97 Å². The van der Waals surface area contributed by atoms with Crippen LogP contribution in [0.5, 0.6) is 5.75 Å². The van der Waals surface area contributed by atoms with Crippen molar-refractivity contribution < 1.29 is 14.4 Å². The lowest BCUT2D eigenvalue weighted by molar-refractivity contribution is -0.206. The SMILES string of the molecule is CC(C)(C)C(=O)ON1CCC(COc2ccc(Cl)c(Cl)c2)CC1. The first-order valence-electron chi connectivity index (χ1n) is 7.81. The molecule has 0 aliphatic carbocycles. The second-order valence-electron chi connectivity index (χ2n) is 6.89. The molecule has 0 saturated carbocycles. The molecule has 1 aliphatic rings. The van der Waals surface area contributed by atoms with Gasteiger partial charge in [-0.2, -0.15) is 0 Å². The Kier molecular flexibility index (Phi) is 6.18. The summed E-state index contributed by atoms with van der Waals surface area (Å²) < 4.78 is 5.78. The molecule has 1 aliphatic heterocycles. The molecule has 6 heteroatoms. The first kappa shape index (κ1) is 18.4. The van der Waals surface area contributed by atoms with Crippen molar-refractivity contribution in [3.05, 3.63) is 28.2 Å². The summed E-state index contributed by atoms with van der Waals surface area (Å²) in [6.07, 6.45) is 1.86. The fourth-order valence-corrected chi connectivity index (χ4v) is 2.49. The molecule has 0 spiro atoms. The zero-order chi connectivity index (χ0) is 17.0. The molecular weight excluding hydrogens is 337 g/mol. The molecular formula is C17H23Cl2NO3. The van der Waals surface area contributed by atoms with Crippen molar-refractivity contribution in [3.63, 3.8) is 0 Å². The Hall–Kier alpha value is -0.970. The number of benzene rings is 1. The average Bonchev–Trinajstić information content (AvgIpc) is 2.49. The normalized spacial score (nSPS) is 17.1. The Balaban J connectivity index is 1.74. The summed E-state index contributed by atoms with van der Waals surface area (Å²) in [5.74, 6) is 0.970. The van der Waals surface area contributed by atoms with Crippen molar-refractivity contribution in [2.24, 2.45) is 11.3 Å². The summed E-state index contributed by atoms with van der Waals surface area (Å²) in [6.45, 7) is 7.65. The molecule has 128 valence electrons. The van der Waals surface area contributed by atoms with E-state index in [1.807, 2.05) is 26.8 Å². The van der Waals surface area contributed by atoms with Crippen LogP contribution in [0.15, 0.2) is 18.2 Å². The summed E-state index contributed by atoms with van der Waals surface area (Å²) in [5.41, 5.74) is -0.478. The molecule has 1 aromatic carbocycles. The number of carbonyl (C=O) groups is 1. The molecule has 0 unspecified atom stereocenters. The summed E-state index contributed by atoms with van der Waals surface area (Å²) >= 11 is 11.9. The van der Waals surface area contributed by atoms with Gasteiger partial charge in [0.15, 0.2) is 0 Å². The number of nitrogens with zero attached hydrogens (tertiary/aromatic N) is 1. The molecule has 0 atom stereocenters. The van der Waals surface area contributed by atoms with E-state index < -0.39 is 5.41 Å². The van der Waals surface area contributed by atoms with Crippen molar-refractivity contribution in [3.8, 4) is 5.75 Å². The van der Waals surface area contributed by atoms with Gasteiger partial charge in [-0.05, 0) is 51.7 Å². The number of piperidine rings is 1. The van der Waals surface area contributed by atoms with Gasteiger partial charge >= 0.3 is 5.97 Å². The van der Waals surface area contributed by atoms with Crippen LogP contribution < -0.4 is 4.74 Å². The van der Waals surface area contributed by atoms with E-state index in [2.05, 4.69) is 0 Å². The predicted octanol–water partition coefficient (Wildman–Crippen LogP) is 4.59. The minimum atomic E-state index is -0.478. The number of rotatable bonds is 4. The van der Waals surface area contributed by atoms with Crippen LogP contribution in [0.25, 0.3) is 0 Å². The van der Waals surface area contributed by atoms with Crippen molar-refractivity contribution >= 4 is 29.2 Å². The van der Waals surface area contributed by atoms with E-state index >= 15 is 0 Å². The number of carbonyl (C=O) groups excluding carboxylic acids is 1. The van der Waals surface area contributed by atoms with Gasteiger partial charge < -0.3 is 9.57 Å². The second kappa shape index (κ2) is 7.73. The van der Waals surface area contributed by atoms with E-state index in [4.69, 9.17) is 32.8 Å². The smallest absolute Gasteiger partial charge is 0.330 e. The molecule has 23 heavy (non-hydrogen) atoms. The van der Waals surface area contributed by atoms with Crippen molar-refractivity contribution in [2.45, 2.75) is 33.6 Å². The van der Waals surface area contributed by atoms with Crippen LogP contribution in [0.4, 0.5) is 0 Å². The van der Waals surface area contributed by atoms with Gasteiger partial charge in [-0.1, -0.05) is 23.2 Å². The number of ether oxygens (including phenoxy) is 1. The van der Waals surface area contributed by atoms with E-state index in [0.717, 1.165) is 31.7 Å². The van der Waals surface area contributed by atoms with Crippen LogP contribution in [0.1, 0.15) is 33.6 Å². The van der Waals surface area contributed by atoms with E-state index in [9.17, 15) is 4.79 Å². The molecule has 0 radical (unpaired) electrons. The highest BCUT2D eigenvalue weighted by Crippen LogP contribution is 2.27. The number of halogens is 2. The third-order valence-corrected chi connectivity index (χ3v) is 4.51. The Labute approximate surface area is 147 Å². The fraction of sp³-hybridized carbons (Fsp3) is 0.588. The topological polar surface area (TPSA) is 38.8 Å². The molecule has 0 N–H and O–H groups in total. The van der Waals surface area contributed by atoms with Gasteiger partial charge in [0.25, 0.3) is 0 Å². The Morgan fingerprint density at radius 1 is 1.22 bits per heavy atom. The molecule has 1 aromatic rings. The van der Waals surface area contributed by atoms with Gasteiger partial charge in [0.05, 0.1) is 22.1 Å². The predicted molar refractivity (Wildman–Crippen MR) is 91.8 cm³/mol. The van der Waals surface area contributed by atoms with Gasteiger partial charge in [0.2, 0.25) is 0 Å². The lowest BCUT2D eigenvalue weighted by atomic mass is 9.97. The maximum Gasteiger partial charge on any atom is 0.330 e. The highest BCUT2D eigenvalue weighted by Gasteiger charge is 2.28. The lowest BCUT2D eigenvalue weighted by Crippen LogP contribution is -2.39. The highest BCUT2D eigenvalue weighted by molar-refractivity contribution is 6.42. The van der Waals surface area contributed by atoms with Gasteiger partial charge in [-0.25, -0.2) is 4.79 Å². The van der Waals surface area contributed by atoms with Crippen LogP contribution in [0, 0.1) is 11.3 Å². The van der Waals surface area contributed by atoms with Crippen molar-refractivity contribution in [2.75, 3.05) is 19.7 Å².